The van der Waals surface area contributed by atoms with Crippen LogP contribution in [0.25, 0.3) is 5.70 Å². The first-order valence-electron chi connectivity index (χ1n) is 8.65. The third kappa shape index (κ3) is 1.99. The highest BCUT2D eigenvalue weighted by molar-refractivity contribution is 6.22. The number of allylic oxidation sites excluding steroid dienone is 1. The van der Waals surface area contributed by atoms with Crippen LogP contribution in [-0.4, -0.2) is 33.8 Å². The summed E-state index contributed by atoms with van der Waals surface area (Å²) in [6, 6.07) is 13.7. The number of hydrogen-bond acceptors (Lipinski definition) is 6. The first-order chi connectivity index (χ1) is 13.1. The van der Waals surface area contributed by atoms with Crippen molar-refractivity contribution in [1.82, 2.24) is 10.2 Å². The van der Waals surface area contributed by atoms with Gasteiger partial charge in [0, 0.05) is 35.4 Å². The third-order valence-corrected chi connectivity index (χ3v) is 5.34. The summed E-state index contributed by atoms with van der Waals surface area (Å²) in [4.78, 5) is 26.7. The summed E-state index contributed by atoms with van der Waals surface area (Å²) in [5.74, 6) is -0.826. The molecule has 2 aromatic rings. The highest BCUT2D eigenvalue weighted by Gasteiger charge is 2.51. The van der Waals surface area contributed by atoms with Crippen LogP contribution in [0.3, 0.4) is 0 Å². The number of phenolic OH excluding ortho intramolecular Hbond substituents is 1. The van der Waals surface area contributed by atoms with Crippen molar-refractivity contribution in [3.8, 4) is 5.75 Å². The molecule has 7 heteroatoms. The van der Waals surface area contributed by atoms with Crippen molar-refractivity contribution in [3.05, 3.63) is 92.4 Å². The largest absolute Gasteiger partial charge is 0.508 e. The fourth-order valence-electron chi connectivity index (χ4n) is 4.29. The third-order valence-electron chi connectivity index (χ3n) is 5.34. The lowest BCUT2D eigenvalue weighted by atomic mass is 9.83. The first-order valence-corrected chi connectivity index (χ1v) is 8.65. The molecule has 1 saturated heterocycles. The van der Waals surface area contributed by atoms with Gasteiger partial charge in [0.25, 0.3) is 5.70 Å². The maximum Gasteiger partial charge on any atom is 0.298 e. The van der Waals surface area contributed by atoms with E-state index >= 15 is 0 Å². The number of nitro groups is 1. The number of nitrogens with one attached hydrogen (secondary N) is 1. The Balaban J connectivity index is 1.84. The Morgan fingerprint density at radius 3 is 2.56 bits per heavy atom. The molecular weight excluding hydrogens is 346 g/mol. The average Bonchev–Trinajstić information content (AvgIpc) is 3.25. The van der Waals surface area contributed by atoms with Gasteiger partial charge in [-0.05, 0) is 6.07 Å². The molecule has 0 bridgehead atoms. The number of carbonyl (C=O) groups is 1. The molecule has 27 heavy (non-hydrogen) atoms. The highest BCUT2D eigenvalue weighted by Crippen LogP contribution is 2.51. The molecule has 2 N–H and O–H groups in total. The first kappa shape index (κ1) is 15.6. The number of carbonyl (C=O) groups excluding carboxylic acids is 1. The fraction of sp³-hybridized carbons (Fsp3) is 0.150. The Hall–Kier alpha value is -3.61. The lowest BCUT2D eigenvalue weighted by molar-refractivity contribution is -0.431. The predicted molar refractivity (Wildman–Crippen MR) is 97.3 cm³/mol. The molecule has 1 atom stereocenters. The molecule has 0 aromatic heterocycles. The van der Waals surface area contributed by atoms with Gasteiger partial charge < -0.3 is 15.3 Å². The molecule has 1 aliphatic carbocycles. The number of Topliss-reactive ketones (excluding diaryl/α,β-unsaturated/α-hetero) is 1. The van der Waals surface area contributed by atoms with Crippen molar-refractivity contribution >= 4 is 11.5 Å². The van der Waals surface area contributed by atoms with E-state index in [1.54, 1.807) is 30.3 Å². The molecule has 0 saturated carbocycles. The second-order valence-corrected chi connectivity index (χ2v) is 6.70. The Kier molecular flexibility index (Phi) is 3.15. The van der Waals surface area contributed by atoms with Gasteiger partial charge in [-0.25, -0.2) is 0 Å². The van der Waals surface area contributed by atoms with Crippen molar-refractivity contribution < 1.29 is 14.8 Å². The van der Waals surface area contributed by atoms with Crippen molar-refractivity contribution in [1.29, 1.82) is 0 Å². The molecule has 3 aliphatic rings. The number of fused-ring (bicyclic) bond motifs is 4. The Morgan fingerprint density at radius 2 is 1.81 bits per heavy atom. The molecular formula is C20H15N3O4. The monoisotopic (exact) mass is 361 g/mol. The van der Waals surface area contributed by atoms with Gasteiger partial charge in [0.2, 0.25) is 0 Å². The van der Waals surface area contributed by atoms with E-state index in [0.29, 0.717) is 41.3 Å². The van der Waals surface area contributed by atoms with Gasteiger partial charge in [0.1, 0.15) is 11.7 Å². The van der Waals surface area contributed by atoms with Crippen LogP contribution in [0.5, 0.6) is 5.75 Å². The second-order valence-electron chi connectivity index (χ2n) is 6.70. The number of ketones is 1. The van der Waals surface area contributed by atoms with Gasteiger partial charge in [-0.15, -0.1) is 0 Å². The lowest BCUT2D eigenvalue weighted by Gasteiger charge is -2.30. The van der Waals surface area contributed by atoms with Crippen LogP contribution in [0.2, 0.25) is 0 Å². The standard InChI is InChI=1S/C20H15N3O4/c24-14-8-4-3-7-13(14)15-16-17(11-5-1-2-6-12(11)19(16)25)22-10-9-21-20(22)18(15)23(26)27/h1-8,15,21,24H,9-10H2. The molecule has 2 aliphatic heterocycles. The average molecular weight is 361 g/mol. The van der Waals surface area contributed by atoms with E-state index in [2.05, 4.69) is 5.32 Å². The van der Waals surface area contributed by atoms with E-state index < -0.39 is 10.8 Å². The van der Waals surface area contributed by atoms with Gasteiger partial charge in [0.15, 0.2) is 11.6 Å². The zero-order valence-corrected chi connectivity index (χ0v) is 14.2. The summed E-state index contributed by atoms with van der Waals surface area (Å²) in [5.41, 5.74) is 2.64. The molecule has 2 heterocycles. The second kappa shape index (κ2) is 5.44. The van der Waals surface area contributed by atoms with E-state index in [-0.39, 0.29) is 17.2 Å². The topological polar surface area (TPSA) is 95.7 Å². The zero-order chi connectivity index (χ0) is 18.7. The number of para-hydroxylation sites is 1. The summed E-state index contributed by atoms with van der Waals surface area (Å²) < 4.78 is 0. The summed E-state index contributed by atoms with van der Waals surface area (Å²) in [6.07, 6.45) is 0. The maximum absolute atomic E-state index is 13.3. The minimum absolute atomic E-state index is 0.0653. The molecule has 7 nitrogen and oxygen atoms in total. The van der Waals surface area contributed by atoms with Crippen molar-refractivity contribution in [2.45, 2.75) is 5.92 Å². The molecule has 1 fully saturated rings. The van der Waals surface area contributed by atoms with Crippen LogP contribution in [0.4, 0.5) is 0 Å². The van der Waals surface area contributed by atoms with Crippen LogP contribution in [0, 0.1) is 10.1 Å². The van der Waals surface area contributed by atoms with E-state index in [1.165, 1.54) is 6.07 Å². The number of phenols is 1. The van der Waals surface area contributed by atoms with E-state index in [4.69, 9.17) is 0 Å². The van der Waals surface area contributed by atoms with Gasteiger partial charge in [-0.2, -0.15) is 0 Å². The van der Waals surface area contributed by atoms with E-state index in [1.807, 2.05) is 17.0 Å². The lowest BCUT2D eigenvalue weighted by Crippen LogP contribution is -2.32. The van der Waals surface area contributed by atoms with Gasteiger partial charge in [0.05, 0.1) is 10.6 Å². The Labute approximate surface area is 154 Å². The Morgan fingerprint density at radius 1 is 1.11 bits per heavy atom. The number of benzene rings is 2. The number of rotatable bonds is 2. The number of nitrogens with zero attached hydrogens (tertiary/aromatic N) is 2. The minimum atomic E-state index is -0.937. The highest BCUT2D eigenvalue weighted by atomic mass is 16.6. The summed E-state index contributed by atoms with van der Waals surface area (Å²) in [5, 5.41) is 25.5. The van der Waals surface area contributed by atoms with Crippen LogP contribution >= 0.6 is 0 Å². The summed E-state index contributed by atoms with van der Waals surface area (Å²) in [6.45, 7) is 1.09. The molecule has 2 aromatic carbocycles. The molecule has 5 rings (SSSR count). The summed E-state index contributed by atoms with van der Waals surface area (Å²) in [7, 11) is 0. The van der Waals surface area contributed by atoms with Crippen molar-refractivity contribution in [2.24, 2.45) is 0 Å². The number of aromatic hydroxyl groups is 1. The van der Waals surface area contributed by atoms with E-state index in [9.17, 15) is 20.0 Å². The quantitative estimate of drug-likeness (QED) is 0.630. The molecule has 0 spiro atoms. The van der Waals surface area contributed by atoms with Crippen LogP contribution in [-0.2, 0) is 0 Å². The fourth-order valence-corrected chi connectivity index (χ4v) is 4.29. The van der Waals surface area contributed by atoms with Crippen LogP contribution in [0.1, 0.15) is 27.4 Å². The predicted octanol–water partition coefficient (Wildman–Crippen LogP) is 2.45. The molecule has 0 amide bonds. The SMILES string of the molecule is O=C1C2=C(c3ccccc31)N1CCNC1=C([N+](=O)[O-])C2c1ccccc1O. The minimum Gasteiger partial charge on any atom is -0.508 e. The van der Waals surface area contributed by atoms with Gasteiger partial charge in [-0.3, -0.25) is 14.9 Å². The molecule has 134 valence electrons. The summed E-state index contributed by atoms with van der Waals surface area (Å²) >= 11 is 0. The van der Waals surface area contributed by atoms with Gasteiger partial charge >= 0.3 is 0 Å². The van der Waals surface area contributed by atoms with E-state index in [0.717, 1.165) is 5.56 Å². The molecule has 1 unspecified atom stereocenters. The maximum atomic E-state index is 13.3. The zero-order valence-electron chi connectivity index (χ0n) is 14.2. The Bertz CT molecular complexity index is 1090. The van der Waals surface area contributed by atoms with Crippen molar-refractivity contribution in [3.63, 3.8) is 0 Å². The smallest absolute Gasteiger partial charge is 0.298 e. The van der Waals surface area contributed by atoms with Crippen molar-refractivity contribution in [2.75, 3.05) is 13.1 Å². The van der Waals surface area contributed by atoms with Crippen LogP contribution in [0.15, 0.2) is 65.6 Å². The van der Waals surface area contributed by atoms with Gasteiger partial charge in [-0.1, -0.05) is 42.5 Å². The van der Waals surface area contributed by atoms with Crippen LogP contribution < -0.4 is 5.32 Å². The normalized spacial score (nSPS) is 20.4. The molecule has 0 radical (unpaired) electrons. The number of hydrogen-bond donors (Lipinski definition) is 2.